The molecule has 0 saturated heterocycles. The van der Waals surface area contributed by atoms with Crippen LogP contribution in [0.1, 0.15) is 41.0 Å². The molecule has 0 radical (unpaired) electrons. The van der Waals surface area contributed by atoms with Gasteiger partial charge in [-0.2, -0.15) is 0 Å². The summed E-state index contributed by atoms with van der Waals surface area (Å²) in [7, 11) is 0. The molecule has 0 fully saturated rings. The summed E-state index contributed by atoms with van der Waals surface area (Å²) in [5, 5.41) is 2.52. The van der Waals surface area contributed by atoms with Crippen molar-refractivity contribution >= 4 is 5.91 Å². The summed E-state index contributed by atoms with van der Waals surface area (Å²) in [6, 6.07) is 0. The first-order chi connectivity index (χ1) is 5.90. The summed E-state index contributed by atoms with van der Waals surface area (Å²) in [6.07, 6.45) is 0.567. The smallest absolute Gasteiger partial charge is 0.221 e. The van der Waals surface area contributed by atoms with Gasteiger partial charge in [0.25, 0.3) is 0 Å². The standard InChI is InChI=1S/C6H14N2O.C4H10/c1-5(2)3-6(9)8-4-7;1-4(2)3/h5H,3-4,7H2,1-2H3,(H,8,9);4H,1-3H3. The van der Waals surface area contributed by atoms with Crippen LogP contribution in [0.2, 0.25) is 0 Å². The lowest BCUT2D eigenvalue weighted by Crippen LogP contribution is -2.29. The van der Waals surface area contributed by atoms with Gasteiger partial charge < -0.3 is 11.1 Å². The molecule has 3 heteroatoms. The van der Waals surface area contributed by atoms with Crippen molar-refractivity contribution in [3.05, 3.63) is 0 Å². The molecule has 0 aliphatic rings. The van der Waals surface area contributed by atoms with Crippen molar-refractivity contribution in [2.45, 2.75) is 41.0 Å². The summed E-state index contributed by atoms with van der Waals surface area (Å²) in [5.74, 6) is 1.28. The second-order valence-electron chi connectivity index (χ2n) is 4.13. The van der Waals surface area contributed by atoms with Gasteiger partial charge >= 0.3 is 0 Å². The fourth-order valence-corrected chi connectivity index (χ4v) is 0.557. The van der Waals surface area contributed by atoms with Crippen molar-refractivity contribution in [2.75, 3.05) is 6.67 Å². The molecule has 3 N–H and O–H groups in total. The molecule has 80 valence electrons. The summed E-state index contributed by atoms with van der Waals surface area (Å²) < 4.78 is 0. The van der Waals surface area contributed by atoms with Crippen LogP contribution in [0.5, 0.6) is 0 Å². The molecule has 13 heavy (non-hydrogen) atoms. The van der Waals surface area contributed by atoms with Crippen molar-refractivity contribution in [1.29, 1.82) is 0 Å². The molecule has 0 aliphatic heterocycles. The van der Waals surface area contributed by atoms with E-state index in [1.165, 1.54) is 0 Å². The molecule has 0 heterocycles. The van der Waals surface area contributed by atoms with Crippen molar-refractivity contribution in [3.8, 4) is 0 Å². The minimum Gasteiger partial charge on any atom is -0.344 e. The number of nitrogens with one attached hydrogen (secondary N) is 1. The van der Waals surface area contributed by atoms with Gasteiger partial charge in [-0.05, 0) is 11.8 Å². The van der Waals surface area contributed by atoms with Crippen molar-refractivity contribution in [3.63, 3.8) is 0 Å². The van der Waals surface area contributed by atoms with Crippen LogP contribution in [-0.4, -0.2) is 12.6 Å². The zero-order chi connectivity index (χ0) is 10.9. The summed E-state index contributed by atoms with van der Waals surface area (Å²) in [6.45, 7) is 10.7. The molecule has 0 rings (SSSR count). The van der Waals surface area contributed by atoms with E-state index in [2.05, 4.69) is 26.1 Å². The number of carbonyl (C=O) groups is 1. The highest BCUT2D eigenvalue weighted by Crippen LogP contribution is 1.96. The van der Waals surface area contributed by atoms with Crippen LogP contribution in [0.3, 0.4) is 0 Å². The van der Waals surface area contributed by atoms with E-state index in [1.807, 2.05) is 13.8 Å². The van der Waals surface area contributed by atoms with Gasteiger partial charge in [-0.25, -0.2) is 0 Å². The topological polar surface area (TPSA) is 55.1 Å². The third-order valence-electron chi connectivity index (χ3n) is 0.893. The van der Waals surface area contributed by atoms with E-state index >= 15 is 0 Å². The Kier molecular flexibility index (Phi) is 10.9. The van der Waals surface area contributed by atoms with Gasteiger partial charge in [-0.1, -0.05) is 34.6 Å². The fraction of sp³-hybridized carbons (Fsp3) is 0.900. The van der Waals surface area contributed by atoms with Crippen LogP contribution < -0.4 is 11.1 Å². The lowest BCUT2D eigenvalue weighted by molar-refractivity contribution is -0.121. The van der Waals surface area contributed by atoms with Crippen molar-refractivity contribution in [1.82, 2.24) is 5.32 Å². The van der Waals surface area contributed by atoms with Crippen LogP contribution in [0.15, 0.2) is 0 Å². The van der Waals surface area contributed by atoms with Gasteiger partial charge in [0, 0.05) is 6.42 Å². The molecule has 3 nitrogen and oxygen atoms in total. The maximum Gasteiger partial charge on any atom is 0.221 e. The number of amides is 1. The van der Waals surface area contributed by atoms with E-state index in [9.17, 15) is 4.79 Å². The average molecular weight is 188 g/mol. The minimum atomic E-state index is 0.0347. The highest BCUT2D eigenvalue weighted by molar-refractivity contribution is 5.75. The Balaban J connectivity index is 0. The first-order valence-electron chi connectivity index (χ1n) is 4.86. The highest BCUT2D eigenvalue weighted by atomic mass is 16.1. The van der Waals surface area contributed by atoms with Crippen LogP contribution in [0.4, 0.5) is 0 Å². The van der Waals surface area contributed by atoms with E-state index < -0.39 is 0 Å². The quantitative estimate of drug-likeness (QED) is 0.663. The summed E-state index contributed by atoms with van der Waals surface area (Å²) >= 11 is 0. The Labute approximate surface area is 82.1 Å². The second kappa shape index (κ2) is 9.52. The average Bonchev–Trinajstić information content (AvgIpc) is 1.83. The number of rotatable bonds is 3. The molecule has 0 spiro atoms. The lowest BCUT2D eigenvalue weighted by atomic mass is 10.1. The number of carbonyl (C=O) groups excluding carboxylic acids is 1. The largest absolute Gasteiger partial charge is 0.344 e. The highest BCUT2D eigenvalue weighted by Gasteiger charge is 2.00. The van der Waals surface area contributed by atoms with Crippen LogP contribution in [0.25, 0.3) is 0 Å². The summed E-state index contributed by atoms with van der Waals surface area (Å²) in [5.41, 5.74) is 5.07. The van der Waals surface area contributed by atoms with Crippen molar-refractivity contribution < 1.29 is 4.79 Å². The molecule has 0 saturated carbocycles. The molecule has 0 aromatic heterocycles. The molecule has 0 bridgehead atoms. The van der Waals surface area contributed by atoms with Gasteiger partial charge in [0.2, 0.25) is 5.91 Å². The minimum absolute atomic E-state index is 0.0347. The Morgan fingerprint density at radius 3 is 1.85 bits per heavy atom. The first-order valence-corrected chi connectivity index (χ1v) is 4.86. The van der Waals surface area contributed by atoms with Gasteiger partial charge in [0.05, 0.1) is 6.67 Å². The Bertz CT molecular complexity index is 119. The monoisotopic (exact) mass is 188 g/mol. The number of hydrogen-bond acceptors (Lipinski definition) is 2. The predicted octanol–water partition coefficient (Wildman–Crippen LogP) is 1.73. The Morgan fingerprint density at radius 2 is 1.62 bits per heavy atom. The molecule has 0 aliphatic carbocycles. The zero-order valence-electron chi connectivity index (χ0n) is 9.55. The van der Waals surface area contributed by atoms with Crippen molar-refractivity contribution in [2.24, 2.45) is 17.6 Å². The van der Waals surface area contributed by atoms with E-state index in [4.69, 9.17) is 5.73 Å². The van der Waals surface area contributed by atoms with E-state index in [0.29, 0.717) is 12.3 Å². The predicted molar refractivity (Wildman–Crippen MR) is 57.2 cm³/mol. The molecular formula is C10H24N2O. The molecule has 0 aromatic carbocycles. The van der Waals surface area contributed by atoms with E-state index in [-0.39, 0.29) is 12.6 Å². The third kappa shape index (κ3) is 24.6. The van der Waals surface area contributed by atoms with Crippen LogP contribution in [0, 0.1) is 11.8 Å². The molecular weight excluding hydrogens is 164 g/mol. The lowest BCUT2D eigenvalue weighted by Gasteiger charge is -2.02. The number of hydrogen-bond donors (Lipinski definition) is 2. The van der Waals surface area contributed by atoms with E-state index in [1.54, 1.807) is 0 Å². The normalized spacial score (nSPS) is 9.54. The molecule has 0 aromatic rings. The first kappa shape index (κ1) is 14.9. The third-order valence-corrected chi connectivity index (χ3v) is 0.893. The second-order valence-corrected chi connectivity index (χ2v) is 4.13. The van der Waals surface area contributed by atoms with E-state index in [0.717, 1.165) is 5.92 Å². The molecule has 1 amide bonds. The number of nitrogens with two attached hydrogens (primary N) is 1. The van der Waals surface area contributed by atoms with Gasteiger partial charge in [-0.15, -0.1) is 0 Å². The zero-order valence-corrected chi connectivity index (χ0v) is 9.55. The van der Waals surface area contributed by atoms with Gasteiger partial charge in [0.15, 0.2) is 0 Å². The maximum atomic E-state index is 10.7. The van der Waals surface area contributed by atoms with Gasteiger partial charge in [-0.3, -0.25) is 4.79 Å². The van der Waals surface area contributed by atoms with Gasteiger partial charge in [0.1, 0.15) is 0 Å². The summed E-state index contributed by atoms with van der Waals surface area (Å²) in [4.78, 5) is 10.7. The van der Waals surface area contributed by atoms with Crippen LogP contribution in [-0.2, 0) is 4.79 Å². The Hall–Kier alpha value is -0.570. The molecule has 0 unspecified atom stereocenters. The van der Waals surface area contributed by atoms with Crippen LogP contribution >= 0.6 is 0 Å². The Morgan fingerprint density at radius 1 is 1.23 bits per heavy atom. The fourth-order valence-electron chi connectivity index (χ4n) is 0.557. The molecule has 0 atom stereocenters. The SMILES string of the molecule is CC(C)C.CC(C)CC(=O)NCN. The maximum absolute atomic E-state index is 10.7.